The van der Waals surface area contributed by atoms with Gasteiger partial charge in [0.2, 0.25) is 5.91 Å². The summed E-state index contributed by atoms with van der Waals surface area (Å²) in [5.74, 6) is -0.0449. The number of benzene rings is 1. The third-order valence-electron chi connectivity index (χ3n) is 2.60. The fourth-order valence-electron chi connectivity index (χ4n) is 1.66. The highest BCUT2D eigenvalue weighted by atomic mass is 16.1. The second kappa shape index (κ2) is 6.15. The molecule has 0 radical (unpaired) electrons. The Bertz CT molecular complexity index is 534. The van der Waals surface area contributed by atoms with Crippen LogP contribution in [0.5, 0.6) is 0 Å². The van der Waals surface area contributed by atoms with Crippen LogP contribution in [0.2, 0.25) is 0 Å². The number of amides is 1. The molecule has 0 fully saturated rings. The second-order valence-electron chi connectivity index (χ2n) is 4.60. The Labute approximate surface area is 112 Å². The van der Waals surface area contributed by atoms with Crippen molar-refractivity contribution in [1.82, 2.24) is 14.9 Å². The second-order valence-corrected chi connectivity index (χ2v) is 4.60. The molecule has 0 atom stereocenters. The summed E-state index contributed by atoms with van der Waals surface area (Å²) in [5, 5.41) is 5.94. The highest BCUT2D eigenvalue weighted by Crippen LogP contribution is 2.14. The van der Waals surface area contributed by atoms with E-state index in [0.29, 0.717) is 12.6 Å². The van der Waals surface area contributed by atoms with Crippen molar-refractivity contribution in [3.05, 3.63) is 43.0 Å². The maximum Gasteiger partial charge on any atom is 0.238 e. The van der Waals surface area contributed by atoms with Crippen LogP contribution in [0.25, 0.3) is 5.69 Å². The lowest BCUT2D eigenvalue weighted by Gasteiger charge is -2.10. The van der Waals surface area contributed by atoms with Crippen LogP contribution < -0.4 is 10.6 Å². The molecule has 100 valence electrons. The Morgan fingerprint density at radius 3 is 2.95 bits per heavy atom. The first-order chi connectivity index (χ1) is 9.15. The molecule has 0 aliphatic heterocycles. The lowest BCUT2D eigenvalue weighted by molar-refractivity contribution is -0.115. The van der Waals surface area contributed by atoms with Crippen LogP contribution in [-0.4, -0.2) is 28.0 Å². The summed E-state index contributed by atoms with van der Waals surface area (Å²) in [6.07, 6.45) is 5.31. The number of rotatable bonds is 5. The number of hydrogen-bond donors (Lipinski definition) is 2. The van der Waals surface area contributed by atoms with E-state index in [0.717, 1.165) is 11.4 Å². The summed E-state index contributed by atoms with van der Waals surface area (Å²) < 4.78 is 1.89. The number of nitrogens with one attached hydrogen (secondary N) is 2. The zero-order valence-corrected chi connectivity index (χ0v) is 11.1. The van der Waals surface area contributed by atoms with Crippen LogP contribution in [0.4, 0.5) is 5.69 Å². The van der Waals surface area contributed by atoms with Crippen LogP contribution >= 0.6 is 0 Å². The molecule has 5 heteroatoms. The molecule has 0 saturated heterocycles. The first-order valence-electron chi connectivity index (χ1n) is 6.27. The number of aromatic nitrogens is 2. The lowest BCUT2D eigenvalue weighted by Crippen LogP contribution is -2.32. The molecule has 1 heterocycles. The van der Waals surface area contributed by atoms with E-state index >= 15 is 0 Å². The molecule has 2 N–H and O–H groups in total. The van der Waals surface area contributed by atoms with E-state index in [1.54, 1.807) is 12.5 Å². The summed E-state index contributed by atoms with van der Waals surface area (Å²) in [5.41, 5.74) is 1.74. The van der Waals surface area contributed by atoms with E-state index in [2.05, 4.69) is 15.6 Å². The third-order valence-corrected chi connectivity index (χ3v) is 2.60. The molecule has 0 spiro atoms. The van der Waals surface area contributed by atoms with Crippen LogP contribution in [0, 0.1) is 0 Å². The van der Waals surface area contributed by atoms with Gasteiger partial charge in [0.15, 0.2) is 0 Å². The first-order valence-corrected chi connectivity index (χ1v) is 6.27. The van der Waals surface area contributed by atoms with E-state index in [1.807, 2.05) is 48.9 Å². The minimum Gasteiger partial charge on any atom is -0.325 e. The average molecular weight is 258 g/mol. The quantitative estimate of drug-likeness (QED) is 0.860. The van der Waals surface area contributed by atoms with E-state index in [-0.39, 0.29) is 5.91 Å². The molecule has 0 aliphatic rings. The van der Waals surface area contributed by atoms with Gasteiger partial charge in [-0.15, -0.1) is 0 Å². The van der Waals surface area contributed by atoms with Crippen molar-refractivity contribution < 1.29 is 4.79 Å². The number of hydrogen-bond acceptors (Lipinski definition) is 3. The molecule has 1 amide bonds. The fraction of sp³-hybridized carbons (Fsp3) is 0.286. The van der Waals surface area contributed by atoms with Gasteiger partial charge >= 0.3 is 0 Å². The predicted molar refractivity (Wildman–Crippen MR) is 75.3 cm³/mol. The van der Waals surface area contributed by atoms with Crippen molar-refractivity contribution in [3.8, 4) is 5.69 Å². The summed E-state index contributed by atoms with van der Waals surface area (Å²) >= 11 is 0. The minimum absolute atomic E-state index is 0.0449. The highest BCUT2D eigenvalue weighted by Gasteiger charge is 2.04. The van der Waals surface area contributed by atoms with Crippen molar-refractivity contribution in [1.29, 1.82) is 0 Å². The first kappa shape index (κ1) is 13.3. The standard InChI is InChI=1S/C14H18N4O/c1-11(2)16-9-14(19)17-12-4-3-5-13(8-12)18-7-6-15-10-18/h3-8,10-11,16H,9H2,1-2H3,(H,17,19). The van der Waals surface area contributed by atoms with Crippen LogP contribution in [0.1, 0.15) is 13.8 Å². The molecular weight excluding hydrogens is 240 g/mol. The Balaban J connectivity index is 2.01. The number of nitrogens with zero attached hydrogens (tertiary/aromatic N) is 2. The van der Waals surface area contributed by atoms with Gasteiger partial charge in [0.1, 0.15) is 0 Å². The van der Waals surface area contributed by atoms with Crippen molar-refractivity contribution in [2.75, 3.05) is 11.9 Å². The largest absolute Gasteiger partial charge is 0.325 e. The zero-order chi connectivity index (χ0) is 13.7. The van der Waals surface area contributed by atoms with E-state index in [4.69, 9.17) is 0 Å². The van der Waals surface area contributed by atoms with Crippen LogP contribution in [0.3, 0.4) is 0 Å². The monoisotopic (exact) mass is 258 g/mol. The van der Waals surface area contributed by atoms with E-state index < -0.39 is 0 Å². The van der Waals surface area contributed by atoms with Crippen molar-refractivity contribution >= 4 is 11.6 Å². The summed E-state index contributed by atoms with van der Waals surface area (Å²) in [4.78, 5) is 15.7. The van der Waals surface area contributed by atoms with Gasteiger partial charge in [0.05, 0.1) is 12.9 Å². The van der Waals surface area contributed by atoms with Gasteiger partial charge in [-0.05, 0) is 18.2 Å². The highest BCUT2D eigenvalue weighted by molar-refractivity contribution is 5.92. The Hall–Kier alpha value is -2.14. The molecule has 2 rings (SSSR count). The van der Waals surface area contributed by atoms with Gasteiger partial charge in [-0.25, -0.2) is 4.98 Å². The molecule has 19 heavy (non-hydrogen) atoms. The Morgan fingerprint density at radius 2 is 2.26 bits per heavy atom. The smallest absolute Gasteiger partial charge is 0.238 e. The molecule has 1 aromatic carbocycles. The average Bonchev–Trinajstić information content (AvgIpc) is 2.90. The molecule has 0 saturated carbocycles. The van der Waals surface area contributed by atoms with Crippen LogP contribution in [0.15, 0.2) is 43.0 Å². The molecule has 0 bridgehead atoms. The number of carbonyl (C=O) groups excluding carboxylic acids is 1. The normalized spacial score (nSPS) is 10.7. The number of carbonyl (C=O) groups is 1. The lowest BCUT2D eigenvalue weighted by atomic mass is 10.2. The maximum absolute atomic E-state index is 11.7. The molecular formula is C14H18N4O. The van der Waals surface area contributed by atoms with Crippen molar-refractivity contribution in [3.63, 3.8) is 0 Å². The SMILES string of the molecule is CC(C)NCC(=O)Nc1cccc(-n2ccnc2)c1. The Morgan fingerprint density at radius 1 is 1.42 bits per heavy atom. The number of imidazole rings is 1. The summed E-state index contributed by atoms with van der Waals surface area (Å²) in [6, 6.07) is 7.94. The van der Waals surface area contributed by atoms with E-state index in [1.165, 1.54) is 0 Å². The third kappa shape index (κ3) is 3.93. The topological polar surface area (TPSA) is 59.0 Å². The summed E-state index contributed by atoms with van der Waals surface area (Å²) in [7, 11) is 0. The van der Waals surface area contributed by atoms with Crippen LogP contribution in [-0.2, 0) is 4.79 Å². The summed E-state index contributed by atoms with van der Waals surface area (Å²) in [6.45, 7) is 4.33. The van der Waals surface area contributed by atoms with Gasteiger partial charge < -0.3 is 15.2 Å². The molecule has 5 nitrogen and oxygen atoms in total. The van der Waals surface area contributed by atoms with Crippen molar-refractivity contribution in [2.24, 2.45) is 0 Å². The minimum atomic E-state index is -0.0449. The maximum atomic E-state index is 11.7. The molecule has 1 aromatic heterocycles. The van der Waals surface area contributed by atoms with Gasteiger partial charge in [-0.2, -0.15) is 0 Å². The molecule has 0 unspecified atom stereocenters. The fourth-order valence-corrected chi connectivity index (χ4v) is 1.66. The predicted octanol–water partition coefficient (Wildman–Crippen LogP) is 1.81. The molecule has 0 aliphatic carbocycles. The van der Waals surface area contributed by atoms with E-state index in [9.17, 15) is 4.79 Å². The Kier molecular flexibility index (Phi) is 4.30. The van der Waals surface area contributed by atoms with Gasteiger partial charge in [0.25, 0.3) is 0 Å². The number of anilines is 1. The molecule has 2 aromatic rings. The zero-order valence-electron chi connectivity index (χ0n) is 11.1. The van der Waals surface area contributed by atoms with Gasteiger partial charge in [0, 0.05) is 29.8 Å². The van der Waals surface area contributed by atoms with Crippen molar-refractivity contribution in [2.45, 2.75) is 19.9 Å². The van der Waals surface area contributed by atoms with Gasteiger partial charge in [-0.3, -0.25) is 4.79 Å². The van der Waals surface area contributed by atoms with Gasteiger partial charge in [-0.1, -0.05) is 19.9 Å².